The topological polar surface area (TPSA) is 39.2 Å². The van der Waals surface area contributed by atoms with E-state index in [1.807, 2.05) is 48.5 Å². The third-order valence-corrected chi connectivity index (χ3v) is 4.83. The Morgan fingerprint density at radius 1 is 0.964 bits per heavy atom. The SMILES string of the molecule is O=C(OCc1ccc(F)cc1)c1cc(-c2cccc(Br)c2)nc2ccccc12. The third-order valence-electron chi connectivity index (χ3n) is 4.34. The fourth-order valence-corrected chi connectivity index (χ4v) is 3.35. The van der Waals surface area contributed by atoms with Crippen molar-refractivity contribution in [2.24, 2.45) is 0 Å². The van der Waals surface area contributed by atoms with E-state index in [1.165, 1.54) is 12.1 Å². The lowest BCUT2D eigenvalue weighted by atomic mass is 10.0. The zero-order chi connectivity index (χ0) is 19.5. The summed E-state index contributed by atoms with van der Waals surface area (Å²) in [6.07, 6.45) is 0. The van der Waals surface area contributed by atoms with Gasteiger partial charge >= 0.3 is 5.97 Å². The number of aromatic nitrogens is 1. The van der Waals surface area contributed by atoms with E-state index < -0.39 is 5.97 Å². The van der Waals surface area contributed by atoms with Gasteiger partial charge in [0.25, 0.3) is 0 Å². The molecule has 1 heterocycles. The first kappa shape index (κ1) is 18.3. The summed E-state index contributed by atoms with van der Waals surface area (Å²) in [6, 6.07) is 22.8. The Balaban J connectivity index is 1.70. The number of hydrogen-bond acceptors (Lipinski definition) is 3. The minimum Gasteiger partial charge on any atom is -0.457 e. The van der Waals surface area contributed by atoms with Crippen molar-refractivity contribution in [1.29, 1.82) is 0 Å². The van der Waals surface area contributed by atoms with Crippen LogP contribution in [0.1, 0.15) is 15.9 Å². The van der Waals surface area contributed by atoms with E-state index in [0.717, 1.165) is 21.0 Å². The van der Waals surface area contributed by atoms with Crippen molar-refractivity contribution in [3.05, 3.63) is 100 Å². The third kappa shape index (κ3) is 3.94. The minimum absolute atomic E-state index is 0.0714. The number of carbonyl (C=O) groups excluding carboxylic acids is 1. The van der Waals surface area contributed by atoms with Crippen LogP contribution in [0.2, 0.25) is 0 Å². The maximum absolute atomic E-state index is 13.0. The van der Waals surface area contributed by atoms with Crippen molar-refractivity contribution in [3.63, 3.8) is 0 Å². The van der Waals surface area contributed by atoms with Crippen LogP contribution in [-0.2, 0) is 11.3 Å². The molecule has 1 aromatic heterocycles. The molecule has 4 rings (SSSR count). The van der Waals surface area contributed by atoms with Gasteiger partial charge in [-0.1, -0.05) is 58.4 Å². The smallest absolute Gasteiger partial charge is 0.339 e. The van der Waals surface area contributed by atoms with Gasteiger partial charge in [0, 0.05) is 15.4 Å². The Kier molecular flexibility index (Phi) is 5.17. The molecule has 0 N–H and O–H groups in total. The highest BCUT2D eigenvalue weighted by atomic mass is 79.9. The van der Waals surface area contributed by atoms with Crippen LogP contribution >= 0.6 is 15.9 Å². The first-order valence-electron chi connectivity index (χ1n) is 8.67. The summed E-state index contributed by atoms with van der Waals surface area (Å²) < 4.78 is 19.5. The Labute approximate surface area is 169 Å². The molecule has 0 bridgehead atoms. The predicted molar refractivity (Wildman–Crippen MR) is 110 cm³/mol. The van der Waals surface area contributed by atoms with Crippen LogP contribution in [-0.4, -0.2) is 11.0 Å². The zero-order valence-electron chi connectivity index (χ0n) is 14.7. The van der Waals surface area contributed by atoms with Gasteiger partial charge in [0.15, 0.2) is 0 Å². The molecular weight excluding hydrogens is 421 g/mol. The van der Waals surface area contributed by atoms with E-state index in [9.17, 15) is 9.18 Å². The number of carbonyl (C=O) groups is 1. The van der Waals surface area contributed by atoms with Crippen LogP contribution in [0, 0.1) is 5.82 Å². The standard InChI is InChI=1S/C23H15BrFNO2/c24-17-5-3-4-16(12-17)22-13-20(19-6-1-2-7-21(19)26-22)23(27)28-14-15-8-10-18(25)11-9-15/h1-13H,14H2. The summed E-state index contributed by atoms with van der Waals surface area (Å²) in [6.45, 7) is 0.0714. The average Bonchev–Trinajstić information content (AvgIpc) is 2.72. The largest absolute Gasteiger partial charge is 0.457 e. The van der Waals surface area contributed by atoms with E-state index in [2.05, 4.69) is 20.9 Å². The van der Waals surface area contributed by atoms with Crippen LogP contribution in [0.15, 0.2) is 83.3 Å². The maximum Gasteiger partial charge on any atom is 0.339 e. The number of hydrogen-bond donors (Lipinski definition) is 0. The molecule has 0 aliphatic heterocycles. The summed E-state index contributed by atoms with van der Waals surface area (Å²) in [7, 11) is 0. The van der Waals surface area contributed by atoms with E-state index in [-0.39, 0.29) is 12.4 Å². The predicted octanol–water partition coefficient (Wildman–Crippen LogP) is 6.16. The quantitative estimate of drug-likeness (QED) is 0.360. The van der Waals surface area contributed by atoms with Crippen molar-refractivity contribution >= 4 is 32.8 Å². The molecule has 3 aromatic carbocycles. The van der Waals surface area contributed by atoms with Gasteiger partial charge in [-0.05, 0) is 42.0 Å². The highest BCUT2D eigenvalue weighted by Gasteiger charge is 2.15. The number of para-hydroxylation sites is 1. The Morgan fingerprint density at radius 2 is 1.75 bits per heavy atom. The van der Waals surface area contributed by atoms with Gasteiger partial charge in [-0.15, -0.1) is 0 Å². The fourth-order valence-electron chi connectivity index (χ4n) is 2.95. The Hall–Kier alpha value is -3.05. The van der Waals surface area contributed by atoms with E-state index in [4.69, 9.17) is 4.74 Å². The van der Waals surface area contributed by atoms with Crippen LogP contribution in [0.4, 0.5) is 4.39 Å². The molecule has 0 fully saturated rings. The summed E-state index contributed by atoms with van der Waals surface area (Å²) in [5.41, 5.74) is 3.47. The Morgan fingerprint density at radius 3 is 2.54 bits per heavy atom. The van der Waals surface area contributed by atoms with Gasteiger partial charge in [0.1, 0.15) is 12.4 Å². The van der Waals surface area contributed by atoms with Crippen LogP contribution in [0.5, 0.6) is 0 Å². The second-order valence-corrected chi connectivity index (χ2v) is 7.20. The first-order chi connectivity index (χ1) is 13.6. The molecule has 4 aromatic rings. The number of fused-ring (bicyclic) bond motifs is 1. The maximum atomic E-state index is 13.0. The van der Waals surface area contributed by atoms with Gasteiger partial charge in [-0.2, -0.15) is 0 Å². The van der Waals surface area contributed by atoms with Gasteiger partial charge in [-0.25, -0.2) is 14.2 Å². The molecule has 0 aliphatic rings. The number of benzene rings is 3. The molecule has 28 heavy (non-hydrogen) atoms. The van der Waals surface area contributed by atoms with Gasteiger partial charge < -0.3 is 4.74 Å². The lowest BCUT2D eigenvalue weighted by Gasteiger charge is -2.10. The zero-order valence-corrected chi connectivity index (χ0v) is 16.3. The normalized spacial score (nSPS) is 10.8. The lowest BCUT2D eigenvalue weighted by molar-refractivity contribution is 0.0475. The van der Waals surface area contributed by atoms with Gasteiger partial charge in [-0.3, -0.25) is 0 Å². The molecule has 0 unspecified atom stereocenters. The number of rotatable bonds is 4. The number of pyridine rings is 1. The molecule has 3 nitrogen and oxygen atoms in total. The molecule has 0 atom stereocenters. The second kappa shape index (κ2) is 7.90. The minimum atomic E-state index is -0.445. The summed E-state index contributed by atoms with van der Waals surface area (Å²) >= 11 is 3.47. The molecule has 138 valence electrons. The number of esters is 1. The summed E-state index contributed by atoms with van der Waals surface area (Å²) in [5, 5.41) is 0.727. The summed E-state index contributed by atoms with van der Waals surface area (Å²) in [4.78, 5) is 17.5. The second-order valence-electron chi connectivity index (χ2n) is 6.29. The molecule has 0 radical (unpaired) electrons. The van der Waals surface area contributed by atoms with Crippen molar-refractivity contribution < 1.29 is 13.9 Å². The molecule has 0 amide bonds. The van der Waals surface area contributed by atoms with E-state index in [0.29, 0.717) is 16.8 Å². The monoisotopic (exact) mass is 435 g/mol. The van der Waals surface area contributed by atoms with Crippen molar-refractivity contribution in [2.75, 3.05) is 0 Å². The van der Waals surface area contributed by atoms with E-state index >= 15 is 0 Å². The summed E-state index contributed by atoms with van der Waals surface area (Å²) in [5.74, 6) is -0.770. The molecular formula is C23H15BrFNO2. The van der Waals surface area contributed by atoms with Gasteiger partial charge in [0.05, 0.1) is 16.8 Å². The van der Waals surface area contributed by atoms with Crippen LogP contribution in [0.3, 0.4) is 0 Å². The van der Waals surface area contributed by atoms with Gasteiger partial charge in [0.2, 0.25) is 0 Å². The van der Waals surface area contributed by atoms with Crippen molar-refractivity contribution in [1.82, 2.24) is 4.98 Å². The average molecular weight is 436 g/mol. The number of nitrogens with zero attached hydrogens (tertiary/aromatic N) is 1. The number of ether oxygens (including phenoxy) is 1. The molecule has 0 spiro atoms. The fraction of sp³-hybridized carbons (Fsp3) is 0.0435. The van der Waals surface area contributed by atoms with E-state index in [1.54, 1.807) is 18.2 Å². The number of halogens is 2. The molecule has 0 aliphatic carbocycles. The lowest BCUT2D eigenvalue weighted by Crippen LogP contribution is -2.07. The first-order valence-corrected chi connectivity index (χ1v) is 9.47. The van der Waals surface area contributed by atoms with Crippen molar-refractivity contribution in [2.45, 2.75) is 6.61 Å². The molecule has 5 heteroatoms. The van der Waals surface area contributed by atoms with Crippen molar-refractivity contribution in [3.8, 4) is 11.3 Å². The Bertz CT molecular complexity index is 1160. The molecule has 0 saturated carbocycles. The molecule has 0 saturated heterocycles. The highest BCUT2D eigenvalue weighted by molar-refractivity contribution is 9.10. The van der Waals surface area contributed by atoms with Crippen LogP contribution in [0.25, 0.3) is 22.2 Å². The van der Waals surface area contributed by atoms with Crippen LogP contribution < -0.4 is 0 Å². The highest BCUT2D eigenvalue weighted by Crippen LogP contribution is 2.27.